The first-order valence-electron chi connectivity index (χ1n) is 6.20. The van der Waals surface area contributed by atoms with Gasteiger partial charge >= 0.3 is 12.1 Å². The minimum Gasteiger partial charge on any atom is -0.476 e. The third-order valence-corrected chi connectivity index (χ3v) is 4.97. The van der Waals surface area contributed by atoms with Crippen LogP contribution in [0.4, 0.5) is 14.2 Å². The summed E-state index contributed by atoms with van der Waals surface area (Å²) in [6.07, 6.45) is -1.57. The van der Waals surface area contributed by atoms with Gasteiger partial charge in [0.1, 0.15) is 16.7 Å². The number of hydrogen-bond acceptors (Lipinski definition) is 7. The van der Waals surface area contributed by atoms with E-state index in [0.29, 0.717) is 6.07 Å². The average Bonchev–Trinajstić information content (AvgIpc) is 2.93. The summed E-state index contributed by atoms with van der Waals surface area (Å²) in [6.45, 7) is 0. The molecular formula is C12H9FN4O6S2. The van der Waals surface area contributed by atoms with Gasteiger partial charge in [-0.15, -0.1) is 11.3 Å². The van der Waals surface area contributed by atoms with Crippen molar-refractivity contribution in [3.63, 3.8) is 0 Å². The molecule has 0 saturated carbocycles. The normalized spacial score (nSPS) is 10.9. The zero-order valence-corrected chi connectivity index (χ0v) is 13.6. The fourth-order valence-electron chi connectivity index (χ4n) is 1.69. The van der Waals surface area contributed by atoms with Gasteiger partial charge in [0.05, 0.1) is 16.0 Å². The minimum absolute atomic E-state index is 0.253. The summed E-state index contributed by atoms with van der Waals surface area (Å²) >= 11 is 0.733. The van der Waals surface area contributed by atoms with Gasteiger partial charge in [0.25, 0.3) is 10.0 Å². The third-order valence-electron chi connectivity index (χ3n) is 2.75. The van der Waals surface area contributed by atoms with E-state index >= 15 is 0 Å². The largest absolute Gasteiger partial charge is 0.476 e. The van der Waals surface area contributed by atoms with Crippen LogP contribution in [0.5, 0.6) is 0 Å². The molecule has 0 bridgehead atoms. The number of aromatic nitrogens is 1. The Labute approximate surface area is 143 Å². The molecule has 1 heterocycles. The van der Waals surface area contributed by atoms with Crippen LogP contribution in [0.3, 0.4) is 0 Å². The first-order chi connectivity index (χ1) is 11.6. The standard InChI is InChI=1S/C12H9FN4O6S2/c13-7-3-5(1-2-6(7)9(14)16-12(20)21)25(22,23)17-10-8(11(18)19)15-4-24-10/h1-4,17H,(H2,14,16)(H,18,19)(H,20,21). The van der Waals surface area contributed by atoms with E-state index in [1.165, 1.54) is 0 Å². The van der Waals surface area contributed by atoms with E-state index in [4.69, 9.17) is 15.6 Å². The highest BCUT2D eigenvalue weighted by molar-refractivity contribution is 7.93. The van der Waals surface area contributed by atoms with Crippen LogP contribution in [0.2, 0.25) is 0 Å². The van der Waals surface area contributed by atoms with E-state index in [1.54, 1.807) is 5.32 Å². The molecule has 0 atom stereocenters. The molecule has 0 fully saturated rings. The summed E-state index contributed by atoms with van der Waals surface area (Å²) in [7, 11) is -4.32. The maximum Gasteiger partial charge on any atom is 0.410 e. The van der Waals surface area contributed by atoms with E-state index in [0.717, 1.165) is 29.0 Å². The Balaban J connectivity index is 2.33. The molecule has 13 heteroatoms. The van der Waals surface area contributed by atoms with E-state index in [2.05, 4.69) is 4.98 Å². The number of carbonyl (C=O) groups is 2. The number of amidine groups is 1. The second kappa shape index (κ2) is 6.82. The number of rotatable bonds is 5. The van der Waals surface area contributed by atoms with E-state index in [-0.39, 0.29) is 5.00 Å². The molecule has 25 heavy (non-hydrogen) atoms. The SMILES string of the molecule is N=C(NC(=O)O)c1ccc(S(=O)(=O)Nc2scnc2C(=O)O)cc1F. The Morgan fingerprint density at radius 3 is 2.52 bits per heavy atom. The summed E-state index contributed by atoms with van der Waals surface area (Å²) in [5.41, 5.74) is 0.174. The zero-order valence-electron chi connectivity index (χ0n) is 12.0. The monoisotopic (exact) mass is 388 g/mol. The molecule has 1 amide bonds. The number of hydrogen-bond donors (Lipinski definition) is 5. The lowest BCUT2D eigenvalue weighted by atomic mass is 10.2. The number of benzene rings is 1. The Morgan fingerprint density at radius 1 is 1.28 bits per heavy atom. The number of thiazole rings is 1. The number of carboxylic acid groups (broad SMARTS) is 2. The van der Waals surface area contributed by atoms with E-state index < -0.39 is 49.9 Å². The molecule has 0 aliphatic rings. The highest BCUT2D eigenvalue weighted by Crippen LogP contribution is 2.24. The van der Waals surface area contributed by atoms with Gasteiger partial charge in [-0.05, 0) is 18.2 Å². The Hall–Kier alpha value is -3.06. The van der Waals surface area contributed by atoms with E-state index in [1.807, 2.05) is 4.72 Å². The van der Waals surface area contributed by atoms with Crippen molar-refractivity contribution < 1.29 is 32.6 Å². The van der Waals surface area contributed by atoms with Crippen LogP contribution in [0, 0.1) is 11.2 Å². The average molecular weight is 388 g/mol. The number of aromatic carboxylic acids is 1. The molecule has 1 aromatic carbocycles. The third kappa shape index (κ3) is 4.07. The van der Waals surface area contributed by atoms with Crippen LogP contribution in [0.15, 0.2) is 28.6 Å². The fourth-order valence-corrected chi connectivity index (χ4v) is 3.69. The molecule has 10 nitrogen and oxygen atoms in total. The lowest BCUT2D eigenvalue weighted by Gasteiger charge is -2.09. The van der Waals surface area contributed by atoms with Gasteiger partial charge in [0.2, 0.25) is 0 Å². The molecule has 2 rings (SSSR count). The van der Waals surface area contributed by atoms with Crippen molar-refractivity contribution >= 4 is 44.3 Å². The fraction of sp³-hybridized carbons (Fsp3) is 0. The van der Waals surface area contributed by atoms with Crippen molar-refractivity contribution in [3.8, 4) is 0 Å². The molecule has 2 aromatic rings. The number of carboxylic acids is 1. The number of anilines is 1. The molecule has 0 radical (unpaired) electrons. The summed E-state index contributed by atoms with van der Waals surface area (Å²) < 4.78 is 40.4. The highest BCUT2D eigenvalue weighted by atomic mass is 32.2. The van der Waals surface area contributed by atoms with Crippen LogP contribution < -0.4 is 10.0 Å². The van der Waals surface area contributed by atoms with Gasteiger partial charge < -0.3 is 10.2 Å². The quantitative estimate of drug-likeness (QED) is 0.380. The van der Waals surface area contributed by atoms with Crippen molar-refractivity contribution in [2.24, 2.45) is 0 Å². The van der Waals surface area contributed by atoms with E-state index in [9.17, 15) is 22.4 Å². The molecule has 0 aliphatic carbocycles. The minimum atomic E-state index is -4.32. The second-order valence-corrected chi connectivity index (χ2v) is 6.92. The summed E-state index contributed by atoms with van der Waals surface area (Å²) in [4.78, 5) is 24.4. The Bertz CT molecular complexity index is 972. The number of amides is 1. The van der Waals surface area contributed by atoms with Crippen molar-refractivity contribution in [3.05, 3.63) is 40.8 Å². The summed E-state index contributed by atoms with van der Waals surface area (Å²) in [6, 6.07) is 2.43. The van der Waals surface area contributed by atoms with Gasteiger partial charge in [-0.3, -0.25) is 15.4 Å². The molecule has 5 N–H and O–H groups in total. The smallest absolute Gasteiger partial charge is 0.410 e. The predicted octanol–water partition coefficient (Wildman–Crippen LogP) is 1.37. The lowest BCUT2D eigenvalue weighted by Crippen LogP contribution is -2.29. The van der Waals surface area contributed by atoms with Crippen LogP contribution in [-0.2, 0) is 10.0 Å². The van der Waals surface area contributed by atoms with Crippen molar-refractivity contribution in [1.82, 2.24) is 10.3 Å². The van der Waals surface area contributed by atoms with Crippen LogP contribution >= 0.6 is 11.3 Å². The number of nitrogens with zero attached hydrogens (tertiary/aromatic N) is 1. The summed E-state index contributed by atoms with van der Waals surface area (Å²) in [5.74, 6) is -3.35. The Kier molecular flexibility index (Phi) is 4.99. The lowest BCUT2D eigenvalue weighted by molar-refractivity contribution is 0.0692. The molecule has 0 spiro atoms. The number of sulfonamides is 1. The first-order valence-corrected chi connectivity index (χ1v) is 8.56. The van der Waals surface area contributed by atoms with Gasteiger partial charge in [-0.25, -0.2) is 27.4 Å². The van der Waals surface area contributed by atoms with Crippen molar-refractivity contribution in [2.45, 2.75) is 4.90 Å². The number of nitrogens with one attached hydrogen (secondary N) is 3. The molecule has 1 aromatic heterocycles. The Morgan fingerprint density at radius 2 is 1.96 bits per heavy atom. The van der Waals surface area contributed by atoms with Crippen molar-refractivity contribution in [2.75, 3.05) is 4.72 Å². The molecule has 132 valence electrons. The highest BCUT2D eigenvalue weighted by Gasteiger charge is 2.22. The zero-order chi connectivity index (χ0) is 18.8. The van der Waals surface area contributed by atoms with Gasteiger partial charge in [-0.1, -0.05) is 0 Å². The topological polar surface area (TPSA) is 170 Å². The van der Waals surface area contributed by atoms with Crippen LogP contribution in [-0.4, -0.2) is 41.5 Å². The van der Waals surface area contributed by atoms with Gasteiger partial charge in [-0.2, -0.15) is 0 Å². The van der Waals surface area contributed by atoms with Crippen LogP contribution in [0.1, 0.15) is 16.1 Å². The molecule has 0 unspecified atom stereocenters. The van der Waals surface area contributed by atoms with Crippen LogP contribution in [0.25, 0.3) is 0 Å². The van der Waals surface area contributed by atoms with Gasteiger partial charge in [0.15, 0.2) is 5.69 Å². The first kappa shape index (κ1) is 18.3. The predicted molar refractivity (Wildman–Crippen MR) is 84.3 cm³/mol. The maximum atomic E-state index is 14.0. The summed E-state index contributed by atoms with van der Waals surface area (Å²) in [5, 5.41) is 26.2. The van der Waals surface area contributed by atoms with Crippen molar-refractivity contribution in [1.29, 1.82) is 5.41 Å². The molecule has 0 saturated heterocycles. The second-order valence-electron chi connectivity index (χ2n) is 4.39. The maximum absolute atomic E-state index is 14.0. The number of halogens is 1. The van der Waals surface area contributed by atoms with Gasteiger partial charge in [0, 0.05) is 0 Å². The molecular weight excluding hydrogens is 379 g/mol. The molecule has 0 aliphatic heterocycles.